The van der Waals surface area contributed by atoms with E-state index in [9.17, 15) is 9.59 Å². The SMILES string of the molecule is Cc1c(C(N)=O)oc2c1/C(=N/NC(=O)Cc1ccccc1)CCC2. The summed E-state index contributed by atoms with van der Waals surface area (Å²) in [6.07, 6.45) is 2.57. The molecule has 1 aliphatic rings. The number of carbonyl (C=O) groups excluding carboxylic acids is 2. The first kappa shape index (κ1) is 16.0. The molecule has 2 amide bonds. The standard InChI is InChI=1S/C18H19N3O3/c1-11-16-13(8-5-9-14(16)24-17(11)18(19)23)20-21-15(22)10-12-6-3-2-4-7-12/h2-4,6-7H,5,8-10H2,1H3,(H2,19,23)(H,21,22)/b20-13+. The third-order valence-electron chi connectivity index (χ3n) is 4.07. The molecule has 0 atom stereocenters. The van der Waals surface area contributed by atoms with Crippen LogP contribution < -0.4 is 11.2 Å². The number of nitrogens with two attached hydrogens (primary N) is 1. The van der Waals surface area contributed by atoms with Gasteiger partial charge in [0.2, 0.25) is 5.91 Å². The molecule has 0 saturated heterocycles. The van der Waals surface area contributed by atoms with E-state index in [0.29, 0.717) is 11.3 Å². The molecular weight excluding hydrogens is 306 g/mol. The number of rotatable bonds is 4. The van der Waals surface area contributed by atoms with Gasteiger partial charge in [0.1, 0.15) is 5.76 Å². The Hall–Kier alpha value is -2.89. The quantitative estimate of drug-likeness (QED) is 0.842. The van der Waals surface area contributed by atoms with E-state index in [0.717, 1.165) is 36.1 Å². The van der Waals surface area contributed by atoms with Gasteiger partial charge in [-0.1, -0.05) is 30.3 Å². The molecule has 0 unspecified atom stereocenters. The largest absolute Gasteiger partial charge is 0.455 e. The second-order valence-corrected chi connectivity index (χ2v) is 5.83. The van der Waals surface area contributed by atoms with Crippen molar-refractivity contribution in [3.63, 3.8) is 0 Å². The van der Waals surface area contributed by atoms with E-state index < -0.39 is 5.91 Å². The van der Waals surface area contributed by atoms with Crippen molar-refractivity contribution in [1.82, 2.24) is 5.43 Å². The number of hydrazone groups is 1. The van der Waals surface area contributed by atoms with Crippen molar-refractivity contribution in [2.24, 2.45) is 10.8 Å². The Morgan fingerprint density at radius 1 is 1.25 bits per heavy atom. The van der Waals surface area contributed by atoms with Crippen LogP contribution >= 0.6 is 0 Å². The number of hydrogen-bond acceptors (Lipinski definition) is 4. The number of hydrogen-bond donors (Lipinski definition) is 2. The van der Waals surface area contributed by atoms with E-state index in [1.165, 1.54) is 0 Å². The molecular formula is C18H19N3O3. The summed E-state index contributed by atoms with van der Waals surface area (Å²) in [5.74, 6) is 0.111. The van der Waals surface area contributed by atoms with Crippen LogP contribution in [0.2, 0.25) is 0 Å². The molecule has 0 fully saturated rings. The molecule has 124 valence electrons. The van der Waals surface area contributed by atoms with E-state index in [-0.39, 0.29) is 18.1 Å². The predicted molar refractivity (Wildman–Crippen MR) is 89.7 cm³/mol. The molecule has 1 aromatic heterocycles. The van der Waals surface area contributed by atoms with Crippen LogP contribution in [0.3, 0.4) is 0 Å². The maximum Gasteiger partial charge on any atom is 0.284 e. The molecule has 0 spiro atoms. The summed E-state index contributed by atoms with van der Waals surface area (Å²) in [6, 6.07) is 9.48. The molecule has 0 aliphatic heterocycles. The highest BCUT2D eigenvalue weighted by Gasteiger charge is 2.27. The van der Waals surface area contributed by atoms with Crippen LogP contribution in [0.1, 0.15) is 45.8 Å². The highest BCUT2D eigenvalue weighted by molar-refractivity contribution is 6.06. The zero-order valence-corrected chi connectivity index (χ0v) is 13.5. The summed E-state index contributed by atoms with van der Waals surface area (Å²) in [5.41, 5.74) is 11.1. The minimum Gasteiger partial charge on any atom is -0.455 e. The molecule has 1 aliphatic carbocycles. The van der Waals surface area contributed by atoms with Gasteiger partial charge in [-0.15, -0.1) is 0 Å². The van der Waals surface area contributed by atoms with Gasteiger partial charge in [-0.05, 0) is 25.3 Å². The number of carbonyl (C=O) groups is 2. The normalized spacial score (nSPS) is 15.1. The minimum absolute atomic E-state index is 0.171. The maximum absolute atomic E-state index is 12.0. The summed E-state index contributed by atoms with van der Waals surface area (Å²) >= 11 is 0. The average molecular weight is 325 g/mol. The second kappa shape index (κ2) is 6.70. The first-order valence-corrected chi connectivity index (χ1v) is 7.88. The van der Waals surface area contributed by atoms with Crippen LogP contribution in [0.25, 0.3) is 0 Å². The number of primary amides is 1. The third-order valence-corrected chi connectivity index (χ3v) is 4.07. The lowest BCUT2D eigenvalue weighted by Gasteiger charge is -2.13. The lowest BCUT2D eigenvalue weighted by atomic mass is 9.93. The smallest absolute Gasteiger partial charge is 0.284 e. The molecule has 3 N–H and O–H groups in total. The summed E-state index contributed by atoms with van der Waals surface area (Å²) in [4.78, 5) is 23.5. The Labute approximate surface area is 139 Å². The van der Waals surface area contributed by atoms with Gasteiger partial charge in [-0.25, -0.2) is 5.43 Å². The first-order chi connectivity index (χ1) is 11.6. The number of nitrogens with one attached hydrogen (secondary N) is 1. The highest BCUT2D eigenvalue weighted by Crippen LogP contribution is 2.29. The molecule has 6 nitrogen and oxygen atoms in total. The highest BCUT2D eigenvalue weighted by atomic mass is 16.4. The summed E-state index contributed by atoms with van der Waals surface area (Å²) in [7, 11) is 0. The van der Waals surface area contributed by atoms with Crippen LogP contribution in [-0.4, -0.2) is 17.5 Å². The van der Waals surface area contributed by atoms with E-state index in [2.05, 4.69) is 10.5 Å². The molecule has 0 saturated carbocycles. The molecule has 0 radical (unpaired) electrons. The lowest BCUT2D eigenvalue weighted by molar-refractivity contribution is -0.120. The third kappa shape index (κ3) is 3.22. The summed E-state index contributed by atoms with van der Waals surface area (Å²) in [6.45, 7) is 1.79. The minimum atomic E-state index is -0.589. The zero-order valence-electron chi connectivity index (χ0n) is 13.5. The van der Waals surface area contributed by atoms with Gasteiger partial charge < -0.3 is 10.2 Å². The molecule has 6 heteroatoms. The maximum atomic E-state index is 12.0. The first-order valence-electron chi connectivity index (χ1n) is 7.88. The van der Waals surface area contributed by atoms with E-state index in [1.54, 1.807) is 6.92 Å². The molecule has 24 heavy (non-hydrogen) atoms. The summed E-state index contributed by atoms with van der Waals surface area (Å²) in [5, 5.41) is 4.26. The zero-order chi connectivity index (χ0) is 17.1. The Kier molecular flexibility index (Phi) is 4.46. The van der Waals surface area contributed by atoms with Crippen LogP contribution in [0.4, 0.5) is 0 Å². The van der Waals surface area contributed by atoms with Crippen LogP contribution in [0.15, 0.2) is 39.9 Å². The fourth-order valence-corrected chi connectivity index (χ4v) is 2.97. The number of amides is 2. The fourth-order valence-electron chi connectivity index (χ4n) is 2.97. The van der Waals surface area contributed by atoms with Gasteiger partial charge in [0, 0.05) is 17.5 Å². The van der Waals surface area contributed by atoms with Gasteiger partial charge in [0.25, 0.3) is 5.91 Å². The van der Waals surface area contributed by atoms with Gasteiger partial charge in [0.15, 0.2) is 5.76 Å². The Bertz CT molecular complexity index is 806. The molecule has 2 aromatic rings. The van der Waals surface area contributed by atoms with Gasteiger partial charge in [0.05, 0.1) is 12.1 Å². The van der Waals surface area contributed by atoms with Crippen molar-refractivity contribution in [3.8, 4) is 0 Å². The van der Waals surface area contributed by atoms with Crippen molar-refractivity contribution in [1.29, 1.82) is 0 Å². The van der Waals surface area contributed by atoms with Crippen LogP contribution in [-0.2, 0) is 17.6 Å². The Morgan fingerprint density at radius 2 is 2.00 bits per heavy atom. The number of fused-ring (bicyclic) bond motifs is 1. The number of furan rings is 1. The predicted octanol–water partition coefficient (Wildman–Crippen LogP) is 2.09. The van der Waals surface area contributed by atoms with Crippen LogP contribution in [0, 0.1) is 6.92 Å². The van der Waals surface area contributed by atoms with Gasteiger partial charge >= 0.3 is 0 Å². The van der Waals surface area contributed by atoms with E-state index >= 15 is 0 Å². The number of aryl methyl sites for hydroxylation is 1. The van der Waals surface area contributed by atoms with Crippen molar-refractivity contribution in [2.45, 2.75) is 32.6 Å². The van der Waals surface area contributed by atoms with Crippen LogP contribution in [0.5, 0.6) is 0 Å². The van der Waals surface area contributed by atoms with Crippen molar-refractivity contribution < 1.29 is 14.0 Å². The van der Waals surface area contributed by atoms with Gasteiger partial charge in [-0.3, -0.25) is 9.59 Å². The van der Waals surface area contributed by atoms with Crippen molar-refractivity contribution >= 4 is 17.5 Å². The summed E-state index contributed by atoms with van der Waals surface area (Å²) < 4.78 is 5.56. The monoisotopic (exact) mass is 325 g/mol. The second-order valence-electron chi connectivity index (χ2n) is 5.83. The topological polar surface area (TPSA) is 97.7 Å². The molecule has 1 heterocycles. The number of benzene rings is 1. The Morgan fingerprint density at radius 3 is 2.71 bits per heavy atom. The van der Waals surface area contributed by atoms with Crippen molar-refractivity contribution in [2.75, 3.05) is 0 Å². The Balaban J connectivity index is 1.78. The number of nitrogens with zero attached hydrogens (tertiary/aromatic N) is 1. The molecule has 3 rings (SSSR count). The van der Waals surface area contributed by atoms with Crippen molar-refractivity contribution in [3.05, 3.63) is 58.5 Å². The van der Waals surface area contributed by atoms with Gasteiger partial charge in [-0.2, -0.15) is 5.10 Å². The fraction of sp³-hybridized carbons (Fsp3) is 0.278. The van der Waals surface area contributed by atoms with E-state index in [4.69, 9.17) is 10.2 Å². The molecule has 0 bridgehead atoms. The van der Waals surface area contributed by atoms with E-state index in [1.807, 2.05) is 30.3 Å². The molecule has 1 aromatic carbocycles. The lowest BCUT2D eigenvalue weighted by Crippen LogP contribution is -2.23. The average Bonchev–Trinajstić information content (AvgIpc) is 2.92.